The van der Waals surface area contributed by atoms with Crippen molar-refractivity contribution < 1.29 is 4.79 Å². The number of thiazole rings is 1. The Morgan fingerprint density at radius 3 is 2.52 bits per heavy atom. The average molecular weight is 352 g/mol. The molecule has 0 atom stereocenters. The molecule has 1 saturated carbocycles. The lowest BCUT2D eigenvalue weighted by Crippen LogP contribution is -2.48. The van der Waals surface area contributed by atoms with Gasteiger partial charge < -0.3 is 10.6 Å². The SMILES string of the molecule is Cl.Cl.O=C(NC1(c2nccs2)CCCC1)C1CCNCC1. The largest absolute Gasteiger partial charge is 0.344 e. The number of piperidine rings is 1. The van der Waals surface area contributed by atoms with Gasteiger partial charge in [0, 0.05) is 17.5 Å². The molecule has 0 spiro atoms. The fraction of sp³-hybridized carbons (Fsp3) is 0.714. The van der Waals surface area contributed by atoms with Gasteiger partial charge in [0.05, 0.1) is 5.54 Å². The van der Waals surface area contributed by atoms with Gasteiger partial charge in [0.15, 0.2) is 0 Å². The number of nitrogens with one attached hydrogen (secondary N) is 2. The van der Waals surface area contributed by atoms with E-state index in [0.717, 1.165) is 43.8 Å². The van der Waals surface area contributed by atoms with E-state index < -0.39 is 0 Å². The maximum absolute atomic E-state index is 12.5. The van der Waals surface area contributed by atoms with Gasteiger partial charge in [-0.15, -0.1) is 36.2 Å². The Morgan fingerprint density at radius 2 is 1.95 bits per heavy atom. The number of carbonyl (C=O) groups excluding carboxylic acids is 1. The Hall–Kier alpha value is -0.360. The van der Waals surface area contributed by atoms with E-state index in [-0.39, 0.29) is 42.2 Å². The fourth-order valence-electron chi connectivity index (χ4n) is 3.25. The number of halogens is 2. The molecule has 1 aromatic rings. The molecule has 2 N–H and O–H groups in total. The molecule has 120 valence electrons. The van der Waals surface area contributed by atoms with E-state index in [0.29, 0.717) is 0 Å². The molecule has 1 saturated heterocycles. The van der Waals surface area contributed by atoms with Crippen LogP contribution >= 0.6 is 36.2 Å². The van der Waals surface area contributed by atoms with E-state index >= 15 is 0 Å². The van der Waals surface area contributed by atoms with Crippen LogP contribution in [0.4, 0.5) is 0 Å². The Morgan fingerprint density at radius 1 is 1.29 bits per heavy atom. The van der Waals surface area contributed by atoms with Crippen LogP contribution in [0.2, 0.25) is 0 Å². The first-order chi connectivity index (χ1) is 9.30. The maximum Gasteiger partial charge on any atom is 0.223 e. The predicted octanol–water partition coefficient (Wildman–Crippen LogP) is 2.87. The summed E-state index contributed by atoms with van der Waals surface area (Å²) >= 11 is 1.67. The summed E-state index contributed by atoms with van der Waals surface area (Å²) in [6.45, 7) is 1.92. The van der Waals surface area contributed by atoms with Crippen LogP contribution in [0.15, 0.2) is 11.6 Å². The summed E-state index contributed by atoms with van der Waals surface area (Å²) in [5.41, 5.74) is -0.171. The summed E-state index contributed by atoms with van der Waals surface area (Å²) in [6, 6.07) is 0. The molecule has 2 aliphatic rings. The van der Waals surface area contributed by atoms with E-state index in [4.69, 9.17) is 0 Å². The number of amides is 1. The first kappa shape index (κ1) is 18.7. The van der Waals surface area contributed by atoms with Crippen molar-refractivity contribution in [2.45, 2.75) is 44.1 Å². The topological polar surface area (TPSA) is 54.0 Å². The molecule has 0 aromatic carbocycles. The lowest BCUT2D eigenvalue weighted by atomic mass is 9.93. The highest BCUT2D eigenvalue weighted by molar-refractivity contribution is 7.09. The normalized spacial score (nSPS) is 21.1. The second kappa shape index (κ2) is 8.32. The molecule has 0 radical (unpaired) electrons. The zero-order valence-electron chi connectivity index (χ0n) is 12.0. The standard InChI is InChI=1S/C14H21N3OS.2ClH/c18-12(11-3-7-15-8-4-11)17-14(5-1-2-6-14)13-16-9-10-19-13;;/h9-11,15H,1-8H2,(H,17,18);2*1H. The Labute approximate surface area is 142 Å². The third kappa shape index (κ3) is 4.09. The molecule has 1 aliphatic heterocycles. The third-order valence-corrected chi connectivity index (χ3v) is 5.35. The van der Waals surface area contributed by atoms with Crippen LogP contribution in [-0.2, 0) is 10.3 Å². The van der Waals surface area contributed by atoms with Crippen LogP contribution in [0.25, 0.3) is 0 Å². The van der Waals surface area contributed by atoms with Crippen molar-refractivity contribution in [3.05, 3.63) is 16.6 Å². The van der Waals surface area contributed by atoms with Crippen molar-refractivity contribution in [2.24, 2.45) is 5.92 Å². The van der Waals surface area contributed by atoms with Gasteiger partial charge in [0.25, 0.3) is 0 Å². The molecule has 21 heavy (non-hydrogen) atoms. The Bertz CT molecular complexity index is 429. The van der Waals surface area contributed by atoms with E-state index in [1.165, 1.54) is 12.8 Å². The highest BCUT2D eigenvalue weighted by Crippen LogP contribution is 2.40. The molecule has 4 nitrogen and oxygen atoms in total. The van der Waals surface area contributed by atoms with Gasteiger partial charge in [-0.05, 0) is 38.8 Å². The highest BCUT2D eigenvalue weighted by atomic mass is 35.5. The van der Waals surface area contributed by atoms with Gasteiger partial charge in [-0.3, -0.25) is 4.79 Å². The van der Waals surface area contributed by atoms with Crippen molar-refractivity contribution in [3.63, 3.8) is 0 Å². The van der Waals surface area contributed by atoms with Crippen LogP contribution in [-0.4, -0.2) is 24.0 Å². The van der Waals surface area contributed by atoms with E-state index in [9.17, 15) is 4.79 Å². The molecule has 0 unspecified atom stereocenters. The molecule has 2 fully saturated rings. The number of carbonyl (C=O) groups is 1. The maximum atomic E-state index is 12.5. The zero-order valence-corrected chi connectivity index (χ0v) is 14.4. The number of hydrogen-bond acceptors (Lipinski definition) is 4. The average Bonchev–Trinajstić information content (AvgIpc) is 3.11. The van der Waals surface area contributed by atoms with Gasteiger partial charge in [0.2, 0.25) is 5.91 Å². The lowest BCUT2D eigenvalue weighted by Gasteiger charge is -2.31. The molecule has 2 heterocycles. The van der Waals surface area contributed by atoms with Crippen LogP contribution in [0.5, 0.6) is 0 Å². The first-order valence-electron chi connectivity index (χ1n) is 7.23. The van der Waals surface area contributed by atoms with E-state index in [1.54, 1.807) is 11.3 Å². The van der Waals surface area contributed by atoms with Crippen molar-refractivity contribution in [1.82, 2.24) is 15.6 Å². The fourth-order valence-corrected chi connectivity index (χ4v) is 4.11. The molecule has 7 heteroatoms. The van der Waals surface area contributed by atoms with Gasteiger partial charge in [-0.25, -0.2) is 4.98 Å². The van der Waals surface area contributed by atoms with Crippen LogP contribution in [0.1, 0.15) is 43.5 Å². The van der Waals surface area contributed by atoms with Crippen LogP contribution in [0, 0.1) is 5.92 Å². The summed E-state index contributed by atoms with van der Waals surface area (Å²) < 4.78 is 0. The molecule has 1 aliphatic carbocycles. The summed E-state index contributed by atoms with van der Waals surface area (Å²) in [5, 5.41) is 9.75. The summed E-state index contributed by atoms with van der Waals surface area (Å²) in [7, 11) is 0. The molecule has 3 rings (SSSR count). The Balaban J connectivity index is 0.00000110. The van der Waals surface area contributed by atoms with Crippen LogP contribution in [0.3, 0.4) is 0 Å². The summed E-state index contributed by atoms with van der Waals surface area (Å²) in [4.78, 5) is 17.0. The minimum atomic E-state index is -0.171. The summed E-state index contributed by atoms with van der Waals surface area (Å²) in [6.07, 6.45) is 8.21. The number of rotatable bonds is 3. The van der Waals surface area contributed by atoms with Gasteiger partial charge >= 0.3 is 0 Å². The van der Waals surface area contributed by atoms with Gasteiger partial charge in [0.1, 0.15) is 5.01 Å². The molecular formula is C14H23Cl2N3OS. The molecule has 1 amide bonds. The van der Waals surface area contributed by atoms with E-state index in [2.05, 4.69) is 15.6 Å². The first-order valence-corrected chi connectivity index (χ1v) is 8.11. The smallest absolute Gasteiger partial charge is 0.223 e. The zero-order chi connectivity index (χ0) is 13.1. The molecule has 0 bridgehead atoms. The predicted molar refractivity (Wildman–Crippen MR) is 90.5 cm³/mol. The number of nitrogens with zero attached hydrogens (tertiary/aromatic N) is 1. The minimum absolute atomic E-state index is 0. The second-order valence-corrected chi connectivity index (χ2v) is 6.53. The molecule has 1 aromatic heterocycles. The second-order valence-electron chi connectivity index (χ2n) is 5.64. The number of aromatic nitrogens is 1. The van der Waals surface area contributed by atoms with Gasteiger partial charge in [-0.2, -0.15) is 0 Å². The third-order valence-electron chi connectivity index (χ3n) is 4.37. The highest BCUT2D eigenvalue weighted by Gasteiger charge is 2.40. The van der Waals surface area contributed by atoms with E-state index in [1.807, 2.05) is 11.6 Å². The van der Waals surface area contributed by atoms with Crippen molar-refractivity contribution in [3.8, 4) is 0 Å². The monoisotopic (exact) mass is 351 g/mol. The van der Waals surface area contributed by atoms with Crippen molar-refractivity contribution in [1.29, 1.82) is 0 Å². The van der Waals surface area contributed by atoms with Crippen molar-refractivity contribution >= 4 is 42.1 Å². The quantitative estimate of drug-likeness (QED) is 0.880. The molecular weight excluding hydrogens is 329 g/mol. The van der Waals surface area contributed by atoms with Gasteiger partial charge in [-0.1, -0.05) is 12.8 Å². The van der Waals surface area contributed by atoms with Crippen LogP contribution < -0.4 is 10.6 Å². The summed E-state index contributed by atoms with van der Waals surface area (Å²) in [5.74, 6) is 0.414. The number of hydrogen-bond donors (Lipinski definition) is 2. The Kier molecular flexibility index (Phi) is 7.40. The minimum Gasteiger partial charge on any atom is -0.344 e. The van der Waals surface area contributed by atoms with Crippen molar-refractivity contribution in [2.75, 3.05) is 13.1 Å². The lowest BCUT2D eigenvalue weighted by molar-refractivity contribution is -0.127.